The van der Waals surface area contributed by atoms with Crippen LogP contribution in [-0.4, -0.2) is 45.5 Å². The number of methoxy groups -OCH3 is 1. The lowest BCUT2D eigenvalue weighted by molar-refractivity contribution is -0.130. The van der Waals surface area contributed by atoms with Crippen molar-refractivity contribution in [2.24, 2.45) is 0 Å². The highest BCUT2D eigenvalue weighted by Crippen LogP contribution is 2.25. The number of H-pyrrole nitrogens is 2. The lowest BCUT2D eigenvalue weighted by Gasteiger charge is -2.15. The van der Waals surface area contributed by atoms with Gasteiger partial charge in [0.1, 0.15) is 17.8 Å². The minimum absolute atomic E-state index is 0.0389. The van der Waals surface area contributed by atoms with E-state index >= 15 is 0 Å². The highest BCUT2D eigenvalue weighted by Gasteiger charge is 2.20. The van der Waals surface area contributed by atoms with E-state index in [1.54, 1.807) is 12.0 Å². The van der Waals surface area contributed by atoms with Gasteiger partial charge < -0.3 is 19.6 Å². The van der Waals surface area contributed by atoms with Crippen molar-refractivity contribution in [2.75, 3.05) is 20.2 Å². The molecule has 1 fully saturated rings. The molecule has 0 bridgehead atoms. The molecular weight excluding hydrogens is 340 g/mol. The SMILES string of the molecule is COc1ccc2[nH]c3c(=O)n(CC(=O)N4CCCC4)c(=S)[nH]c3c2c1. The highest BCUT2D eigenvalue weighted by atomic mass is 32.1. The third kappa shape index (κ3) is 2.62. The summed E-state index contributed by atoms with van der Waals surface area (Å²) in [5.41, 5.74) is 1.56. The van der Waals surface area contributed by atoms with Gasteiger partial charge in [-0.3, -0.25) is 14.2 Å². The first-order valence-electron chi connectivity index (χ1n) is 8.19. The number of nitrogens with one attached hydrogen (secondary N) is 2. The summed E-state index contributed by atoms with van der Waals surface area (Å²) in [7, 11) is 1.59. The molecule has 1 saturated heterocycles. The molecule has 0 aliphatic carbocycles. The zero-order valence-electron chi connectivity index (χ0n) is 13.8. The van der Waals surface area contributed by atoms with Crippen molar-refractivity contribution in [1.82, 2.24) is 19.4 Å². The van der Waals surface area contributed by atoms with Gasteiger partial charge in [0, 0.05) is 24.0 Å². The first kappa shape index (κ1) is 15.9. The normalized spacial score (nSPS) is 14.5. The zero-order chi connectivity index (χ0) is 17.6. The molecule has 25 heavy (non-hydrogen) atoms. The van der Waals surface area contributed by atoms with Crippen LogP contribution in [0.3, 0.4) is 0 Å². The summed E-state index contributed by atoms with van der Waals surface area (Å²) in [5.74, 6) is 0.623. The van der Waals surface area contributed by atoms with Gasteiger partial charge in [-0.25, -0.2) is 0 Å². The molecule has 0 saturated carbocycles. The molecular formula is C17H18N4O3S. The third-order valence-electron chi connectivity index (χ3n) is 4.69. The van der Waals surface area contributed by atoms with Gasteiger partial charge in [-0.05, 0) is 43.3 Å². The summed E-state index contributed by atoms with van der Waals surface area (Å²) in [4.78, 5) is 33.2. The van der Waals surface area contributed by atoms with Crippen molar-refractivity contribution in [3.8, 4) is 5.75 Å². The smallest absolute Gasteiger partial charge is 0.279 e. The first-order valence-corrected chi connectivity index (χ1v) is 8.59. The Morgan fingerprint density at radius 2 is 2.00 bits per heavy atom. The number of hydrogen-bond acceptors (Lipinski definition) is 4. The summed E-state index contributed by atoms with van der Waals surface area (Å²) >= 11 is 5.34. The van der Waals surface area contributed by atoms with Crippen LogP contribution in [0.1, 0.15) is 12.8 Å². The second-order valence-electron chi connectivity index (χ2n) is 6.20. The van der Waals surface area contributed by atoms with Gasteiger partial charge >= 0.3 is 0 Å². The third-order valence-corrected chi connectivity index (χ3v) is 5.02. The number of likely N-dealkylation sites (tertiary alicyclic amines) is 1. The summed E-state index contributed by atoms with van der Waals surface area (Å²) in [6.07, 6.45) is 2.02. The number of benzene rings is 1. The maximum absolute atomic E-state index is 12.9. The fraction of sp³-hybridized carbons (Fsp3) is 0.353. The molecule has 130 valence electrons. The molecule has 2 N–H and O–H groups in total. The van der Waals surface area contributed by atoms with Gasteiger partial charge in [-0.15, -0.1) is 0 Å². The Hall–Kier alpha value is -2.61. The van der Waals surface area contributed by atoms with Crippen LogP contribution < -0.4 is 10.3 Å². The number of carbonyl (C=O) groups excluding carboxylic acids is 1. The maximum atomic E-state index is 12.9. The van der Waals surface area contributed by atoms with Gasteiger partial charge in [-0.2, -0.15) is 0 Å². The number of aromatic amines is 2. The minimum Gasteiger partial charge on any atom is -0.497 e. The van der Waals surface area contributed by atoms with Gasteiger partial charge in [0.15, 0.2) is 4.77 Å². The molecule has 3 heterocycles. The molecule has 8 heteroatoms. The average Bonchev–Trinajstić information content (AvgIpc) is 3.26. The van der Waals surface area contributed by atoms with E-state index in [1.165, 1.54) is 4.57 Å². The van der Waals surface area contributed by atoms with Gasteiger partial charge in [0.25, 0.3) is 5.56 Å². The quantitative estimate of drug-likeness (QED) is 0.703. The van der Waals surface area contributed by atoms with Gasteiger partial charge in [0.05, 0.1) is 12.6 Å². The van der Waals surface area contributed by atoms with Crippen LogP contribution in [-0.2, 0) is 11.3 Å². The highest BCUT2D eigenvalue weighted by molar-refractivity contribution is 7.71. The van der Waals surface area contributed by atoms with Crippen LogP contribution in [0.5, 0.6) is 5.75 Å². The lowest BCUT2D eigenvalue weighted by Crippen LogP contribution is -2.35. The molecule has 1 aliphatic heterocycles. The van der Waals surface area contributed by atoms with E-state index in [0.29, 0.717) is 16.8 Å². The van der Waals surface area contributed by atoms with Crippen LogP contribution in [0.15, 0.2) is 23.0 Å². The summed E-state index contributed by atoms with van der Waals surface area (Å²) < 4.78 is 6.82. The zero-order valence-corrected chi connectivity index (χ0v) is 14.6. The molecule has 2 aromatic heterocycles. The van der Waals surface area contributed by atoms with E-state index in [4.69, 9.17) is 17.0 Å². The number of nitrogens with zero attached hydrogens (tertiary/aromatic N) is 2. The van der Waals surface area contributed by atoms with Gasteiger partial charge in [-0.1, -0.05) is 0 Å². The fourth-order valence-electron chi connectivity index (χ4n) is 3.34. The molecule has 7 nitrogen and oxygen atoms in total. The molecule has 4 rings (SSSR count). The lowest BCUT2D eigenvalue weighted by atomic mass is 10.2. The standard InChI is InChI=1S/C17H18N4O3S/c1-24-10-4-5-12-11(8-10)14-15(18-12)16(23)21(17(25)19-14)9-13(22)20-6-2-3-7-20/h4-5,8,18H,2-3,6-7,9H2,1H3,(H,19,25). The van der Waals surface area contributed by atoms with E-state index in [-0.39, 0.29) is 22.8 Å². The molecule has 0 unspecified atom stereocenters. The van der Waals surface area contributed by atoms with Crippen LogP contribution in [0.4, 0.5) is 0 Å². The van der Waals surface area contributed by atoms with E-state index < -0.39 is 0 Å². The molecule has 0 radical (unpaired) electrons. The molecule has 1 amide bonds. The fourth-order valence-corrected chi connectivity index (χ4v) is 3.58. The van der Waals surface area contributed by atoms with E-state index in [0.717, 1.165) is 36.8 Å². The topological polar surface area (TPSA) is 83.1 Å². The molecule has 0 spiro atoms. The Morgan fingerprint density at radius 3 is 2.72 bits per heavy atom. The summed E-state index contributed by atoms with van der Waals surface area (Å²) in [6, 6.07) is 5.52. The molecule has 1 aliphatic rings. The second-order valence-corrected chi connectivity index (χ2v) is 6.58. The van der Waals surface area contributed by atoms with E-state index in [2.05, 4.69) is 9.97 Å². The maximum Gasteiger partial charge on any atom is 0.279 e. The van der Waals surface area contributed by atoms with Crippen LogP contribution >= 0.6 is 12.2 Å². The number of carbonyl (C=O) groups is 1. The number of rotatable bonds is 3. The van der Waals surface area contributed by atoms with Crippen molar-refractivity contribution in [3.05, 3.63) is 33.3 Å². The van der Waals surface area contributed by atoms with E-state index in [9.17, 15) is 9.59 Å². The Morgan fingerprint density at radius 1 is 1.24 bits per heavy atom. The Labute approximate surface area is 148 Å². The predicted molar refractivity (Wildman–Crippen MR) is 97.6 cm³/mol. The van der Waals surface area contributed by atoms with Crippen molar-refractivity contribution in [1.29, 1.82) is 0 Å². The summed E-state index contributed by atoms with van der Waals surface area (Å²) in [6.45, 7) is 1.46. The Bertz CT molecular complexity index is 1090. The average molecular weight is 358 g/mol. The number of fused-ring (bicyclic) bond motifs is 3. The minimum atomic E-state index is -0.290. The van der Waals surface area contributed by atoms with Gasteiger partial charge in [0.2, 0.25) is 5.91 Å². The second kappa shape index (κ2) is 6.03. The Balaban J connectivity index is 1.84. The largest absolute Gasteiger partial charge is 0.497 e. The molecule has 0 atom stereocenters. The summed E-state index contributed by atoms with van der Waals surface area (Å²) in [5, 5.41) is 0.829. The first-order chi connectivity index (χ1) is 12.1. The Kier molecular flexibility index (Phi) is 3.84. The van der Waals surface area contributed by atoms with Crippen molar-refractivity contribution < 1.29 is 9.53 Å². The van der Waals surface area contributed by atoms with E-state index in [1.807, 2.05) is 18.2 Å². The van der Waals surface area contributed by atoms with Crippen molar-refractivity contribution >= 4 is 40.1 Å². The molecule has 3 aromatic rings. The van der Waals surface area contributed by atoms with Crippen LogP contribution in [0, 0.1) is 4.77 Å². The van der Waals surface area contributed by atoms with Crippen molar-refractivity contribution in [2.45, 2.75) is 19.4 Å². The van der Waals surface area contributed by atoms with Crippen LogP contribution in [0.2, 0.25) is 0 Å². The number of aromatic nitrogens is 3. The number of hydrogen-bond donors (Lipinski definition) is 2. The number of amides is 1. The van der Waals surface area contributed by atoms with Crippen LogP contribution in [0.25, 0.3) is 21.9 Å². The number of ether oxygens (including phenoxy) is 1. The predicted octanol–water partition coefficient (Wildman–Crippen LogP) is 2.17. The monoisotopic (exact) mass is 358 g/mol. The molecule has 1 aromatic carbocycles. The van der Waals surface area contributed by atoms with Crippen molar-refractivity contribution in [3.63, 3.8) is 0 Å².